The molecule has 1 aliphatic heterocycles. The summed E-state index contributed by atoms with van der Waals surface area (Å²) in [7, 11) is -3.14. The summed E-state index contributed by atoms with van der Waals surface area (Å²) in [4.78, 5) is 15.2. The molecule has 7 heteroatoms. The molecule has 0 N–H and O–H groups in total. The number of amides is 1. The fourth-order valence-corrected chi connectivity index (χ4v) is 5.68. The zero-order valence-corrected chi connectivity index (χ0v) is 17.9. The first-order valence-corrected chi connectivity index (χ1v) is 11.9. The van der Waals surface area contributed by atoms with Crippen LogP contribution < -0.4 is 4.74 Å². The van der Waals surface area contributed by atoms with E-state index in [1.54, 1.807) is 4.90 Å². The van der Waals surface area contributed by atoms with Gasteiger partial charge in [0.2, 0.25) is 0 Å². The molecule has 1 fully saturated rings. The second kappa shape index (κ2) is 8.14. The highest BCUT2D eigenvalue weighted by atomic mass is 32.2. The Morgan fingerprint density at radius 3 is 2.53 bits per heavy atom. The molecule has 158 valence electrons. The van der Waals surface area contributed by atoms with Crippen LogP contribution in [0.3, 0.4) is 0 Å². The van der Waals surface area contributed by atoms with Gasteiger partial charge in [0.25, 0.3) is 5.91 Å². The van der Waals surface area contributed by atoms with E-state index in [-0.39, 0.29) is 29.2 Å². The summed E-state index contributed by atoms with van der Waals surface area (Å²) >= 11 is 0. The van der Waals surface area contributed by atoms with E-state index in [2.05, 4.69) is 0 Å². The molecule has 3 aromatic rings. The van der Waals surface area contributed by atoms with Crippen LogP contribution in [0.2, 0.25) is 0 Å². The van der Waals surface area contributed by atoms with Crippen LogP contribution in [-0.2, 0) is 16.4 Å². The molecule has 2 aromatic carbocycles. The highest BCUT2D eigenvalue weighted by molar-refractivity contribution is 7.91. The van der Waals surface area contributed by atoms with E-state index in [1.807, 2.05) is 62.4 Å². The van der Waals surface area contributed by atoms with E-state index in [4.69, 9.17) is 9.15 Å². The first-order chi connectivity index (χ1) is 14.4. The van der Waals surface area contributed by atoms with Crippen molar-refractivity contribution in [1.82, 2.24) is 4.90 Å². The summed E-state index contributed by atoms with van der Waals surface area (Å²) in [5.74, 6) is 0.834. The average Bonchev–Trinajstić information content (AvgIpc) is 3.26. The van der Waals surface area contributed by atoms with Gasteiger partial charge in [-0.3, -0.25) is 4.79 Å². The fourth-order valence-electron chi connectivity index (χ4n) is 3.95. The lowest BCUT2D eigenvalue weighted by molar-refractivity contribution is 0.0649. The van der Waals surface area contributed by atoms with Gasteiger partial charge in [-0.05, 0) is 44.0 Å². The number of carbonyl (C=O) groups is 1. The molecular weight excluding hydrogens is 402 g/mol. The number of hydrogen-bond acceptors (Lipinski definition) is 5. The molecule has 1 atom stereocenters. The summed E-state index contributed by atoms with van der Waals surface area (Å²) in [6.45, 7) is 4.67. The van der Waals surface area contributed by atoms with Crippen molar-refractivity contribution in [2.75, 3.05) is 18.1 Å². The molecular formula is C23H25NO5S. The summed E-state index contributed by atoms with van der Waals surface area (Å²) in [6.07, 6.45) is 0.435. The van der Waals surface area contributed by atoms with Crippen molar-refractivity contribution in [3.05, 3.63) is 65.4 Å². The normalized spacial score (nSPS) is 17.9. The number of para-hydroxylation sites is 1. The van der Waals surface area contributed by atoms with Crippen molar-refractivity contribution in [1.29, 1.82) is 0 Å². The first-order valence-electron chi connectivity index (χ1n) is 10.1. The molecule has 1 saturated heterocycles. The van der Waals surface area contributed by atoms with E-state index in [0.29, 0.717) is 25.2 Å². The molecule has 2 heterocycles. The van der Waals surface area contributed by atoms with Gasteiger partial charge < -0.3 is 14.1 Å². The quantitative estimate of drug-likeness (QED) is 0.595. The molecule has 6 nitrogen and oxygen atoms in total. The number of rotatable bonds is 6. The number of carbonyl (C=O) groups excluding carboxylic acids is 1. The molecule has 1 aliphatic rings. The molecule has 0 radical (unpaired) electrons. The minimum atomic E-state index is -3.14. The van der Waals surface area contributed by atoms with Crippen LogP contribution in [0.25, 0.3) is 11.0 Å². The van der Waals surface area contributed by atoms with Crippen LogP contribution in [0.1, 0.15) is 35.0 Å². The van der Waals surface area contributed by atoms with Crippen LogP contribution >= 0.6 is 0 Å². The molecule has 0 bridgehead atoms. The highest BCUT2D eigenvalue weighted by Gasteiger charge is 2.36. The Morgan fingerprint density at radius 2 is 1.90 bits per heavy atom. The van der Waals surface area contributed by atoms with Crippen molar-refractivity contribution in [3.63, 3.8) is 0 Å². The van der Waals surface area contributed by atoms with Gasteiger partial charge in [-0.1, -0.05) is 30.3 Å². The monoisotopic (exact) mass is 427 g/mol. The van der Waals surface area contributed by atoms with Crippen molar-refractivity contribution < 1.29 is 22.4 Å². The maximum atomic E-state index is 13.5. The first kappa shape index (κ1) is 20.5. The SMILES string of the molecule is CCOc1ccc(CN(C(=O)c2oc3ccccc3c2C)[C@H]2CCS(=O)(=O)C2)cc1. The Morgan fingerprint density at radius 1 is 1.17 bits per heavy atom. The van der Waals surface area contributed by atoms with Gasteiger partial charge in [0.1, 0.15) is 11.3 Å². The van der Waals surface area contributed by atoms with Crippen LogP contribution in [0.5, 0.6) is 5.75 Å². The minimum Gasteiger partial charge on any atom is -0.494 e. The number of sulfone groups is 1. The largest absolute Gasteiger partial charge is 0.494 e. The third-order valence-corrected chi connectivity index (χ3v) is 7.29. The van der Waals surface area contributed by atoms with E-state index in [9.17, 15) is 13.2 Å². The van der Waals surface area contributed by atoms with Gasteiger partial charge in [-0.15, -0.1) is 0 Å². The Labute approximate surface area is 176 Å². The standard InChI is InChI=1S/C23H25NO5S/c1-3-28-19-10-8-17(9-11-19)14-24(18-12-13-30(26,27)15-18)23(25)22-16(2)20-6-4-5-7-21(20)29-22/h4-11,18H,3,12-15H2,1-2H3/t18-/m0/s1. The Hall–Kier alpha value is -2.80. The van der Waals surface area contributed by atoms with Gasteiger partial charge in [-0.2, -0.15) is 0 Å². The molecule has 1 amide bonds. The molecule has 1 aromatic heterocycles. The Bertz CT molecular complexity index is 1160. The lowest BCUT2D eigenvalue weighted by Crippen LogP contribution is -2.40. The van der Waals surface area contributed by atoms with Gasteiger partial charge in [-0.25, -0.2) is 8.42 Å². The van der Waals surface area contributed by atoms with E-state index in [1.165, 1.54) is 0 Å². The fraction of sp³-hybridized carbons (Fsp3) is 0.348. The molecule has 0 spiro atoms. The Kier molecular flexibility index (Phi) is 5.56. The van der Waals surface area contributed by atoms with Crippen molar-refractivity contribution in [2.45, 2.75) is 32.9 Å². The van der Waals surface area contributed by atoms with E-state index < -0.39 is 9.84 Å². The second-order valence-corrected chi connectivity index (χ2v) is 9.85. The van der Waals surface area contributed by atoms with Crippen LogP contribution in [0.4, 0.5) is 0 Å². The van der Waals surface area contributed by atoms with Crippen LogP contribution in [0.15, 0.2) is 52.9 Å². The zero-order chi connectivity index (χ0) is 21.3. The lowest BCUT2D eigenvalue weighted by atomic mass is 10.1. The molecule has 0 unspecified atom stereocenters. The maximum Gasteiger partial charge on any atom is 0.290 e. The van der Waals surface area contributed by atoms with E-state index >= 15 is 0 Å². The summed E-state index contributed by atoms with van der Waals surface area (Å²) in [5, 5.41) is 0.890. The van der Waals surface area contributed by atoms with Crippen molar-refractivity contribution in [3.8, 4) is 5.75 Å². The van der Waals surface area contributed by atoms with Gasteiger partial charge in [0.15, 0.2) is 15.6 Å². The second-order valence-electron chi connectivity index (χ2n) is 7.62. The van der Waals surface area contributed by atoms with Gasteiger partial charge in [0, 0.05) is 23.5 Å². The molecule has 0 saturated carbocycles. The summed E-state index contributed by atoms with van der Waals surface area (Å²) in [5.41, 5.74) is 2.33. The molecule has 4 rings (SSSR count). The van der Waals surface area contributed by atoms with Gasteiger partial charge in [0.05, 0.1) is 18.1 Å². The summed E-state index contributed by atoms with van der Waals surface area (Å²) in [6, 6.07) is 14.7. The topological polar surface area (TPSA) is 76.8 Å². The van der Waals surface area contributed by atoms with Crippen molar-refractivity contribution in [2.24, 2.45) is 0 Å². The third-order valence-electron chi connectivity index (χ3n) is 5.54. The number of hydrogen-bond donors (Lipinski definition) is 0. The lowest BCUT2D eigenvalue weighted by Gasteiger charge is -2.28. The van der Waals surface area contributed by atoms with E-state index in [0.717, 1.165) is 22.3 Å². The number of nitrogens with zero attached hydrogens (tertiary/aromatic N) is 1. The predicted octanol–water partition coefficient (Wildman–Crippen LogP) is 3.97. The number of fused-ring (bicyclic) bond motifs is 1. The highest BCUT2D eigenvalue weighted by Crippen LogP contribution is 2.29. The summed E-state index contributed by atoms with van der Waals surface area (Å²) < 4.78 is 35.6. The smallest absolute Gasteiger partial charge is 0.290 e. The van der Waals surface area contributed by atoms with Gasteiger partial charge >= 0.3 is 0 Å². The number of furan rings is 1. The predicted molar refractivity (Wildman–Crippen MR) is 115 cm³/mol. The Balaban J connectivity index is 1.67. The zero-order valence-electron chi connectivity index (χ0n) is 17.1. The maximum absolute atomic E-state index is 13.5. The average molecular weight is 428 g/mol. The number of ether oxygens (including phenoxy) is 1. The minimum absolute atomic E-state index is 0.0188. The molecule has 0 aliphatic carbocycles. The number of aryl methyl sites for hydroxylation is 1. The van der Waals surface area contributed by atoms with Crippen molar-refractivity contribution >= 4 is 26.7 Å². The number of benzene rings is 2. The third kappa shape index (κ3) is 4.07. The van der Waals surface area contributed by atoms with Crippen LogP contribution in [0, 0.1) is 6.92 Å². The molecule has 30 heavy (non-hydrogen) atoms. The van der Waals surface area contributed by atoms with Crippen LogP contribution in [-0.4, -0.2) is 43.4 Å².